The van der Waals surface area contributed by atoms with E-state index in [0.29, 0.717) is 11.6 Å². The van der Waals surface area contributed by atoms with E-state index in [2.05, 4.69) is 30.2 Å². The molecule has 236 valence electrons. The molecular formula is C22H14F9N7O6. The number of aromatic nitrogens is 6. The molecule has 0 saturated carbocycles. The van der Waals surface area contributed by atoms with E-state index < -0.39 is 36.4 Å². The molecule has 6 N–H and O–H groups in total. The summed E-state index contributed by atoms with van der Waals surface area (Å²) in [6.45, 7) is 0. The monoisotopic (exact) mass is 643 g/mol. The highest BCUT2D eigenvalue weighted by Gasteiger charge is 2.39. The minimum Gasteiger partial charge on any atom is -0.475 e. The Morgan fingerprint density at radius 2 is 1.25 bits per heavy atom. The van der Waals surface area contributed by atoms with E-state index in [-0.39, 0.29) is 0 Å². The number of halogens is 9. The number of imidazole rings is 2. The molecule has 0 spiro atoms. The Morgan fingerprint density at radius 3 is 1.73 bits per heavy atom. The molecule has 0 amide bonds. The summed E-state index contributed by atoms with van der Waals surface area (Å²) in [5, 5.41) is 24.7. The average Bonchev–Trinajstić information content (AvgIpc) is 3.57. The fourth-order valence-electron chi connectivity index (χ4n) is 2.81. The number of carbonyl (C=O) groups is 3. The molecule has 0 atom stereocenters. The number of fused-ring (bicyclic) bond motifs is 5. The predicted octanol–water partition coefficient (Wildman–Crippen LogP) is 4.88. The number of nitrogens with one attached hydrogen (secondary N) is 3. The Kier molecular flexibility index (Phi) is 10.6. The normalized spacial score (nSPS) is 11.6. The third kappa shape index (κ3) is 9.42. The molecule has 0 aromatic carbocycles. The van der Waals surface area contributed by atoms with Crippen LogP contribution in [-0.2, 0) is 14.4 Å². The number of hydrogen-bond donors (Lipinski definition) is 6. The first-order valence-electron chi connectivity index (χ1n) is 10.9. The first kappa shape index (κ1) is 34.5. The standard InChI is InChI=1S/C16H11N7.3C2HF3O2/c1-2-10-13-12(22-16(23-13)15-19-6-7-20-15)9-3-5-17-8-11(9)21-14(10)18-4-1;3*3-2(4,5)1(6)7/h1-8H,(H,18,21)(H,19,20)(H,22,23);3*(H,6,7). The molecule has 4 aromatic heterocycles. The van der Waals surface area contributed by atoms with Gasteiger partial charge in [0.05, 0.1) is 17.6 Å². The molecule has 4 aromatic rings. The molecule has 5 rings (SSSR count). The van der Waals surface area contributed by atoms with Crippen LogP contribution in [-0.4, -0.2) is 81.7 Å². The number of anilines is 2. The van der Waals surface area contributed by atoms with Gasteiger partial charge < -0.3 is 30.6 Å². The highest BCUT2D eigenvalue weighted by atomic mass is 19.4. The molecule has 1 aliphatic rings. The van der Waals surface area contributed by atoms with Crippen LogP contribution in [0.2, 0.25) is 0 Å². The van der Waals surface area contributed by atoms with Crippen molar-refractivity contribution < 1.29 is 69.2 Å². The molecule has 5 heterocycles. The number of pyridine rings is 2. The van der Waals surface area contributed by atoms with Gasteiger partial charge in [-0.25, -0.2) is 29.3 Å². The minimum atomic E-state index is -5.08. The van der Waals surface area contributed by atoms with Crippen LogP contribution in [0.1, 0.15) is 0 Å². The maximum absolute atomic E-state index is 10.6. The molecule has 0 bridgehead atoms. The maximum Gasteiger partial charge on any atom is 0.490 e. The largest absolute Gasteiger partial charge is 0.490 e. The summed E-state index contributed by atoms with van der Waals surface area (Å²) in [7, 11) is 0. The second kappa shape index (κ2) is 13.5. The van der Waals surface area contributed by atoms with E-state index >= 15 is 0 Å². The van der Waals surface area contributed by atoms with Gasteiger partial charge >= 0.3 is 36.4 Å². The molecule has 0 unspecified atom stereocenters. The van der Waals surface area contributed by atoms with Crippen molar-refractivity contribution in [2.24, 2.45) is 0 Å². The summed E-state index contributed by atoms with van der Waals surface area (Å²) in [5.74, 6) is -6.11. The summed E-state index contributed by atoms with van der Waals surface area (Å²) in [6, 6.07) is 5.86. The third-order valence-electron chi connectivity index (χ3n) is 4.56. The lowest BCUT2D eigenvalue weighted by molar-refractivity contribution is -0.193. The number of hydrogen-bond acceptors (Lipinski definition) is 8. The van der Waals surface area contributed by atoms with Crippen LogP contribution in [0.15, 0.2) is 49.2 Å². The first-order valence-corrected chi connectivity index (χ1v) is 10.9. The van der Waals surface area contributed by atoms with Gasteiger partial charge in [0.1, 0.15) is 11.5 Å². The van der Waals surface area contributed by atoms with Crippen molar-refractivity contribution >= 4 is 29.4 Å². The first-order chi connectivity index (χ1) is 20.2. The number of aromatic amines is 2. The van der Waals surface area contributed by atoms with Crippen LogP contribution >= 0.6 is 0 Å². The van der Waals surface area contributed by atoms with Gasteiger partial charge in [0, 0.05) is 35.9 Å². The lowest BCUT2D eigenvalue weighted by atomic mass is 10.1. The molecule has 44 heavy (non-hydrogen) atoms. The zero-order valence-electron chi connectivity index (χ0n) is 20.9. The Balaban J connectivity index is 0.000000266. The van der Waals surface area contributed by atoms with Crippen molar-refractivity contribution in [1.82, 2.24) is 29.9 Å². The van der Waals surface area contributed by atoms with Gasteiger partial charge in [0.2, 0.25) is 0 Å². The molecule has 1 aliphatic heterocycles. The summed E-state index contributed by atoms with van der Waals surface area (Å²) in [4.78, 5) is 50.8. The SMILES string of the molecule is O=C(O)C(F)(F)F.O=C(O)C(F)(F)F.O=C(O)C(F)(F)F.c1cnc2c(c1)-c1nc(-c3ncc[nH]3)[nH]c1-c1ccncc1N2. The van der Waals surface area contributed by atoms with E-state index in [4.69, 9.17) is 34.7 Å². The van der Waals surface area contributed by atoms with E-state index in [1.165, 1.54) is 0 Å². The second-order valence-corrected chi connectivity index (χ2v) is 7.60. The van der Waals surface area contributed by atoms with Crippen molar-refractivity contribution in [3.63, 3.8) is 0 Å². The molecule has 13 nitrogen and oxygen atoms in total. The van der Waals surface area contributed by atoms with Crippen LogP contribution in [0.25, 0.3) is 34.2 Å². The highest BCUT2D eigenvalue weighted by Crippen LogP contribution is 2.42. The second-order valence-electron chi connectivity index (χ2n) is 7.60. The van der Waals surface area contributed by atoms with E-state index in [1.807, 2.05) is 18.2 Å². The third-order valence-corrected chi connectivity index (χ3v) is 4.56. The lowest BCUT2D eigenvalue weighted by Gasteiger charge is -2.07. The van der Waals surface area contributed by atoms with Crippen molar-refractivity contribution in [1.29, 1.82) is 0 Å². The van der Waals surface area contributed by atoms with Gasteiger partial charge in [-0.3, -0.25) is 4.98 Å². The molecule has 0 saturated heterocycles. The number of rotatable bonds is 1. The van der Waals surface area contributed by atoms with E-state index in [0.717, 1.165) is 34.0 Å². The van der Waals surface area contributed by atoms with Gasteiger partial charge in [0.25, 0.3) is 0 Å². The predicted molar refractivity (Wildman–Crippen MR) is 127 cm³/mol. The Bertz CT molecular complexity index is 1480. The average molecular weight is 643 g/mol. The Hall–Kier alpha value is -5.70. The number of alkyl halides is 9. The summed E-state index contributed by atoms with van der Waals surface area (Å²) in [6.07, 6.45) is -6.46. The number of H-pyrrole nitrogens is 2. The minimum absolute atomic E-state index is 0.694. The van der Waals surface area contributed by atoms with Crippen LogP contribution in [0.4, 0.5) is 51.0 Å². The van der Waals surface area contributed by atoms with Crippen LogP contribution in [0.3, 0.4) is 0 Å². The summed E-state index contributed by atoms with van der Waals surface area (Å²) >= 11 is 0. The van der Waals surface area contributed by atoms with Gasteiger partial charge in [-0.05, 0) is 18.2 Å². The van der Waals surface area contributed by atoms with Gasteiger partial charge in [0.15, 0.2) is 11.6 Å². The summed E-state index contributed by atoms with van der Waals surface area (Å²) < 4.78 is 95.2. The van der Waals surface area contributed by atoms with Crippen LogP contribution in [0, 0.1) is 0 Å². The Morgan fingerprint density at radius 1 is 0.705 bits per heavy atom. The van der Waals surface area contributed by atoms with Crippen molar-refractivity contribution in [2.75, 3.05) is 5.32 Å². The van der Waals surface area contributed by atoms with Crippen LogP contribution in [0.5, 0.6) is 0 Å². The number of carboxylic acids is 3. The number of aliphatic carboxylic acids is 3. The molecule has 0 fully saturated rings. The number of carboxylic acid groups (broad SMARTS) is 3. The molecule has 0 aliphatic carbocycles. The topological polar surface area (TPSA) is 207 Å². The van der Waals surface area contributed by atoms with Gasteiger partial charge in [-0.1, -0.05) is 0 Å². The van der Waals surface area contributed by atoms with E-state index in [9.17, 15) is 39.5 Å². The maximum atomic E-state index is 10.6. The fraction of sp³-hybridized carbons (Fsp3) is 0.136. The summed E-state index contributed by atoms with van der Waals surface area (Å²) in [5.41, 5.74) is 4.59. The fourth-order valence-corrected chi connectivity index (χ4v) is 2.81. The van der Waals surface area contributed by atoms with Gasteiger partial charge in [-0.2, -0.15) is 39.5 Å². The quantitative estimate of drug-likeness (QED) is 0.136. The molecular weight excluding hydrogens is 629 g/mol. The van der Waals surface area contributed by atoms with Crippen molar-refractivity contribution in [3.8, 4) is 34.2 Å². The van der Waals surface area contributed by atoms with Gasteiger partial charge in [-0.15, -0.1) is 0 Å². The van der Waals surface area contributed by atoms with Crippen molar-refractivity contribution in [2.45, 2.75) is 18.5 Å². The molecule has 22 heteroatoms. The van der Waals surface area contributed by atoms with Crippen LogP contribution < -0.4 is 5.32 Å². The zero-order chi connectivity index (χ0) is 33.5. The Labute approximate surface area is 236 Å². The molecule has 0 radical (unpaired) electrons. The number of nitrogens with zero attached hydrogens (tertiary/aromatic N) is 4. The van der Waals surface area contributed by atoms with Crippen molar-refractivity contribution in [3.05, 3.63) is 49.2 Å². The van der Waals surface area contributed by atoms with E-state index in [1.54, 1.807) is 31.0 Å². The lowest BCUT2D eigenvalue weighted by Crippen LogP contribution is -2.21. The zero-order valence-corrected chi connectivity index (χ0v) is 20.9. The highest BCUT2D eigenvalue weighted by molar-refractivity contribution is 5.95. The smallest absolute Gasteiger partial charge is 0.475 e.